The molecular weight excluding hydrogens is 548 g/mol. The molecule has 0 radical (unpaired) electrons. The molecule has 14 nitrogen and oxygen atoms in total. The van der Waals surface area contributed by atoms with E-state index in [4.69, 9.17) is 22.7 Å². The fourth-order valence-electron chi connectivity index (χ4n) is 3.68. The Bertz CT molecular complexity index is 1460. The minimum absolute atomic E-state index is 0.0848. The molecule has 1 saturated heterocycles. The average molecular weight is 569 g/mol. The number of primary amides is 1. The number of pyridine rings is 1. The van der Waals surface area contributed by atoms with Gasteiger partial charge in [-0.25, -0.2) is 4.57 Å². The van der Waals surface area contributed by atoms with Crippen LogP contribution in [0.3, 0.4) is 0 Å². The van der Waals surface area contributed by atoms with E-state index in [0.717, 1.165) is 16.4 Å². The first-order valence-corrected chi connectivity index (χ1v) is 12.9. The monoisotopic (exact) mass is 568 g/mol. The quantitative estimate of drug-likeness (QED) is 0.0686. The molecule has 200 valence electrons. The summed E-state index contributed by atoms with van der Waals surface area (Å²) in [6.07, 6.45) is 11.7. The summed E-state index contributed by atoms with van der Waals surface area (Å²) < 4.78 is 5.68. The summed E-state index contributed by atoms with van der Waals surface area (Å²) in [5.41, 5.74) is 10.9. The summed E-state index contributed by atoms with van der Waals surface area (Å²) in [5, 5.41) is 17.6. The lowest BCUT2D eigenvalue weighted by molar-refractivity contribution is -0.687. The number of nitrogen functional groups attached to an aromatic ring is 1. The summed E-state index contributed by atoms with van der Waals surface area (Å²) in [4.78, 5) is 59.0. The minimum Gasteiger partial charge on any atom is -0.543 e. The molecule has 0 spiro atoms. The number of hydrogen-bond acceptors (Lipinski definition) is 12. The van der Waals surface area contributed by atoms with Crippen LogP contribution in [0, 0.1) is 12.3 Å². The molecule has 2 aromatic heterocycles. The molecule has 16 heteroatoms. The van der Waals surface area contributed by atoms with Crippen molar-refractivity contribution in [3.05, 3.63) is 59.3 Å². The van der Waals surface area contributed by atoms with Crippen LogP contribution in [0.5, 0.6) is 0 Å². The highest BCUT2D eigenvalue weighted by atomic mass is 32.2. The van der Waals surface area contributed by atoms with E-state index < -0.39 is 35.1 Å². The molecule has 0 aromatic carbocycles. The number of allylic oxidation sites excluding steroid dienone is 2. The Morgan fingerprint density at radius 2 is 2.13 bits per heavy atom. The van der Waals surface area contributed by atoms with Gasteiger partial charge in [-0.05, 0) is 11.6 Å². The van der Waals surface area contributed by atoms with Crippen molar-refractivity contribution in [3.8, 4) is 12.3 Å². The van der Waals surface area contributed by atoms with E-state index in [9.17, 15) is 24.3 Å². The average Bonchev–Trinajstić information content (AvgIpc) is 3.35. The van der Waals surface area contributed by atoms with Crippen molar-refractivity contribution in [2.45, 2.75) is 18.0 Å². The molecule has 0 aliphatic carbocycles. The molecule has 0 saturated carbocycles. The highest BCUT2D eigenvalue weighted by molar-refractivity contribution is 8.00. The lowest BCUT2D eigenvalue weighted by atomic mass is 10.0. The first kappa shape index (κ1) is 27.3. The fourth-order valence-corrected chi connectivity index (χ4v) is 5.43. The van der Waals surface area contributed by atoms with Crippen LogP contribution in [-0.4, -0.2) is 67.4 Å². The SMILES string of the molecule is C#CCO/N=C(\C(=O)NC1C(=O)N2C(C(=O)[O-])=C(/C=C/C[n+]3ccc(C(N)=O)cc3)CS[C@H]12)c1nsc(N)n1. The van der Waals surface area contributed by atoms with E-state index >= 15 is 0 Å². The Morgan fingerprint density at radius 1 is 1.38 bits per heavy atom. The number of thioether (sulfide) groups is 1. The maximum atomic E-state index is 13.0. The van der Waals surface area contributed by atoms with Gasteiger partial charge in [0, 0.05) is 29.4 Å². The van der Waals surface area contributed by atoms with Crippen LogP contribution in [0.25, 0.3) is 0 Å². The van der Waals surface area contributed by atoms with Crippen molar-refractivity contribution >= 4 is 57.8 Å². The first-order valence-electron chi connectivity index (χ1n) is 11.1. The molecule has 2 atom stereocenters. The molecule has 1 fully saturated rings. The number of carbonyl (C=O) groups excluding carboxylic acids is 4. The largest absolute Gasteiger partial charge is 0.543 e. The van der Waals surface area contributed by atoms with Crippen molar-refractivity contribution in [2.24, 2.45) is 10.9 Å². The van der Waals surface area contributed by atoms with Gasteiger partial charge in [0.25, 0.3) is 11.8 Å². The van der Waals surface area contributed by atoms with Crippen LogP contribution < -0.4 is 26.5 Å². The van der Waals surface area contributed by atoms with Crippen LogP contribution >= 0.6 is 23.3 Å². The lowest BCUT2D eigenvalue weighted by Crippen LogP contribution is -2.71. The number of nitrogens with one attached hydrogen (secondary N) is 1. The highest BCUT2D eigenvalue weighted by Gasteiger charge is 2.53. The maximum absolute atomic E-state index is 13.0. The summed E-state index contributed by atoms with van der Waals surface area (Å²) in [7, 11) is 0. The Morgan fingerprint density at radius 3 is 2.74 bits per heavy atom. The Labute approximate surface area is 229 Å². The van der Waals surface area contributed by atoms with Crippen molar-refractivity contribution in [2.75, 3.05) is 18.1 Å². The number of nitrogens with two attached hydrogens (primary N) is 2. The van der Waals surface area contributed by atoms with Gasteiger partial charge < -0.3 is 31.5 Å². The van der Waals surface area contributed by atoms with Gasteiger partial charge in [0.2, 0.25) is 17.4 Å². The third kappa shape index (κ3) is 5.89. The van der Waals surface area contributed by atoms with Crippen LogP contribution in [0.4, 0.5) is 5.13 Å². The number of aromatic nitrogens is 3. The number of carboxylic acids is 1. The molecule has 5 N–H and O–H groups in total. The van der Waals surface area contributed by atoms with Crippen LogP contribution in [0.2, 0.25) is 0 Å². The number of β-lactam (4-membered cyclic amide) rings is 1. The number of hydrogen-bond donors (Lipinski definition) is 3. The summed E-state index contributed by atoms with van der Waals surface area (Å²) >= 11 is 2.10. The second-order valence-electron chi connectivity index (χ2n) is 7.95. The van der Waals surface area contributed by atoms with Crippen molar-refractivity contribution < 1.29 is 33.7 Å². The van der Waals surface area contributed by atoms with Crippen molar-refractivity contribution in [1.29, 1.82) is 0 Å². The number of carboxylic acid groups (broad SMARTS) is 1. The zero-order valence-electron chi connectivity index (χ0n) is 20.0. The van der Waals surface area contributed by atoms with Gasteiger partial charge in [0.1, 0.15) is 11.4 Å². The number of anilines is 1. The van der Waals surface area contributed by atoms with E-state index in [1.54, 1.807) is 41.2 Å². The minimum atomic E-state index is -1.52. The number of terminal acetylenes is 1. The molecule has 0 bridgehead atoms. The number of oxime groups is 1. The maximum Gasteiger partial charge on any atom is 0.278 e. The molecule has 39 heavy (non-hydrogen) atoms. The van der Waals surface area contributed by atoms with Crippen molar-refractivity contribution in [3.63, 3.8) is 0 Å². The molecule has 4 heterocycles. The Hall–Kier alpha value is -4.75. The first-order chi connectivity index (χ1) is 18.7. The van der Waals surface area contributed by atoms with E-state index in [-0.39, 0.29) is 34.7 Å². The second kappa shape index (κ2) is 11.8. The predicted octanol–water partition coefficient (Wildman–Crippen LogP) is -2.48. The molecule has 3 amide bonds. The number of rotatable bonds is 10. The van der Waals surface area contributed by atoms with Gasteiger partial charge in [0.05, 0.1) is 17.2 Å². The van der Waals surface area contributed by atoms with Gasteiger partial charge in [-0.3, -0.25) is 19.3 Å². The molecule has 4 rings (SSSR count). The topological polar surface area (TPSA) is 210 Å². The van der Waals surface area contributed by atoms with E-state index in [1.165, 1.54) is 11.8 Å². The highest BCUT2D eigenvalue weighted by Crippen LogP contribution is 2.40. The zero-order chi connectivity index (χ0) is 28.1. The predicted molar refractivity (Wildman–Crippen MR) is 137 cm³/mol. The van der Waals surface area contributed by atoms with E-state index in [2.05, 4.69) is 25.8 Å². The van der Waals surface area contributed by atoms with Gasteiger partial charge in [-0.15, -0.1) is 18.2 Å². The molecular formula is C23H20N8O6S2. The van der Waals surface area contributed by atoms with E-state index in [0.29, 0.717) is 17.7 Å². The Kier molecular flexibility index (Phi) is 8.22. The summed E-state index contributed by atoms with van der Waals surface area (Å²) in [5.74, 6) is -1.22. The number of aliphatic carboxylic acids is 1. The number of fused-ring (bicyclic) bond motifs is 1. The van der Waals surface area contributed by atoms with E-state index in [1.807, 2.05) is 0 Å². The number of carbonyl (C=O) groups is 4. The van der Waals surface area contributed by atoms with Gasteiger partial charge >= 0.3 is 0 Å². The molecule has 1 unspecified atom stereocenters. The summed E-state index contributed by atoms with van der Waals surface area (Å²) in [6, 6.07) is 2.08. The standard InChI is InChI=1S/C23H20N8O6S2/c1-2-10-37-28-14(18-27-23(25)39-29-18)19(33)26-15-20(34)31-16(22(35)36)13(11-38-21(15)31)4-3-7-30-8-5-12(6-9-30)17(24)32/h1,3-6,8-9,15,21H,7,10-11H2,(H5-,24,25,26,27,29,32,33,35,36)/b4-3+,28-14-/t15?,21-/m1/s1. The smallest absolute Gasteiger partial charge is 0.278 e. The number of amides is 3. The van der Waals surface area contributed by atoms with Crippen molar-refractivity contribution in [1.82, 2.24) is 19.6 Å². The molecule has 2 aliphatic rings. The van der Waals surface area contributed by atoms with Crippen LogP contribution in [0.15, 0.2) is 53.1 Å². The Balaban J connectivity index is 1.47. The van der Waals surface area contributed by atoms with Crippen LogP contribution in [-0.2, 0) is 25.8 Å². The van der Waals surface area contributed by atoms with Gasteiger partial charge in [0.15, 0.2) is 30.7 Å². The normalized spacial score (nSPS) is 18.8. The lowest BCUT2D eigenvalue weighted by Gasteiger charge is -2.50. The van der Waals surface area contributed by atoms with Gasteiger partial charge in [-0.2, -0.15) is 9.36 Å². The van der Waals surface area contributed by atoms with Gasteiger partial charge in [-0.1, -0.05) is 17.2 Å². The third-order valence-electron chi connectivity index (χ3n) is 5.46. The zero-order valence-corrected chi connectivity index (χ0v) is 21.6. The molecule has 2 aliphatic heterocycles. The number of nitrogens with zero attached hydrogens (tertiary/aromatic N) is 5. The summed E-state index contributed by atoms with van der Waals surface area (Å²) in [6.45, 7) is 0.140. The van der Waals surface area contributed by atoms with Crippen LogP contribution in [0.1, 0.15) is 16.2 Å². The molecule has 2 aromatic rings. The fraction of sp³-hybridized carbons (Fsp3) is 0.217. The second-order valence-corrected chi connectivity index (χ2v) is 9.83. The third-order valence-corrected chi connectivity index (χ3v) is 7.31.